The summed E-state index contributed by atoms with van der Waals surface area (Å²) in [5.74, 6) is 0.342. The van der Waals surface area contributed by atoms with E-state index in [4.69, 9.17) is 9.47 Å². The second kappa shape index (κ2) is 9.22. The Kier molecular flexibility index (Phi) is 6.41. The molecule has 1 aliphatic rings. The molecule has 1 atom stereocenters. The average molecular weight is 438 g/mol. The van der Waals surface area contributed by atoms with Crippen LogP contribution >= 0.6 is 0 Å². The lowest BCUT2D eigenvalue weighted by atomic mass is 10.00. The van der Waals surface area contributed by atoms with Crippen LogP contribution in [0.25, 0.3) is 0 Å². The molecule has 6 heteroatoms. The molecule has 1 aliphatic heterocycles. The summed E-state index contributed by atoms with van der Waals surface area (Å²) in [5, 5.41) is 0. The highest BCUT2D eigenvalue weighted by atomic mass is 32.2. The average Bonchev–Trinajstić information content (AvgIpc) is 2.77. The fourth-order valence-electron chi connectivity index (χ4n) is 4.08. The maximum Gasteiger partial charge on any atom is 0.247 e. The number of nitrogens with zero attached hydrogens (tertiary/aromatic N) is 1. The Morgan fingerprint density at radius 2 is 1.74 bits per heavy atom. The molecule has 3 aromatic rings. The molecule has 0 saturated heterocycles. The van der Waals surface area contributed by atoms with E-state index in [1.807, 2.05) is 55.5 Å². The van der Waals surface area contributed by atoms with Crippen LogP contribution in [0.4, 0.5) is 0 Å². The smallest absolute Gasteiger partial charge is 0.247 e. The number of para-hydroxylation sites is 1. The second-order valence-corrected chi connectivity index (χ2v) is 9.63. The highest BCUT2D eigenvalue weighted by Crippen LogP contribution is 2.32. The molecule has 0 aromatic heterocycles. The highest BCUT2D eigenvalue weighted by Gasteiger charge is 2.35. The van der Waals surface area contributed by atoms with E-state index in [1.165, 1.54) is 7.11 Å². The Morgan fingerprint density at radius 1 is 1.00 bits per heavy atom. The Balaban J connectivity index is 1.82. The van der Waals surface area contributed by atoms with Crippen LogP contribution in [-0.2, 0) is 34.3 Å². The van der Waals surface area contributed by atoms with Crippen molar-refractivity contribution in [3.63, 3.8) is 0 Å². The van der Waals surface area contributed by atoms with E-state index in [-0.39, 0.29) is 10.9 Å². The summed E-state index contributed by atoms with van der Waals surface area (Å²) in [4.78, 5) is 0.172. The first-order valence-corrected chi connectivity index (χ1v) is 11.8. The lowest BCUT2D eigenvalue weighted by Gasteiger charge is -2.34. The molecule has 0 fully saturated rings. The van der Waals surface area contributed by atoms with Crippen LogP contribution < -0.4 is 4.74 Å². The molecule has 0 bridgehead atoms. The van der Waals surface area contributed by atoms with Crippen molar-refractivity contribution in [3.8, 4) is 5.75 Å². The van der Waals surface area contributed by atoms with Crippen LogP contribution in [0, 0.1) is 6.92 Å². The van der Waals surface area contributed by atoms with Crippen LogP contribution in [0.3, 0.4) is 0 Å². The van der Waals surface area contributed by atoms with Gasteiger partial charge < -0.3 is 9.47 Å². The molecule has 0 spiro atoms. The van der Waals surface area contributed by atoms with Gasteiger partial charge in [-0.1, -0.05) is 60.7 Å². The van der Waals surface area contributed by atoms with Crippen LogP contribution in [0.1, 0.15) is 22.3 Å². The number of methoxy groups -OCH3 is 1. The molecule has 0 aliphatic carbocycles. The Hall–Kier alpha value is -2.67. The Bertz CT molecular complexity index is 1150. The third-order valence-electron chi connectivity index (χ3n) is 5.77. The highest BCUT2D eigenvalue weighted by molar-refractivity contribution is 7.89. The van der Waals surface area contributed by atoms with Gasteiger partial charge in [0.2, 0.25) is 10.0 Å². The molecule has 31 heavy (non-hydrogen) atoms. The van der Waals surface area contributed by atoms with Gasteiger partial charge in [-0.2, -0.15) is 4.31 Å². The topological polar surface area (TPSA) is 55.8 Å². The summed E-state index contributed by atoms with van der Waals surface area (Å²) < 4.78 is 40.9. The zero-order valence-corrected chi connectivity index (χ0v) is 18.6. The maximum atomic E-state index is 13.9. The lowest BCUT2D eigenvalue weighted by molar-refractivity contribution is 0.0672. The van der Waals surface area contributed by atoms with Crippen LogP contribution in [-0.4, -0.2) is 32.5 Å². The third kappa shape index (κ3) is 4.51. The van der Waals surface area contributed by atoms with E-state index in [0.717, 1.165) is 22.3 Å². The molecule has 3 aromatic carbocycles. The van der Waals surface area contributed by atoms with Gasteiger partial charge in [0, 0.05) is 6.54 Å². The van der Waals surface area contributed by atoms with E-state index >= 15 is 0 Å². The van der Waals surface area contributed by atoms with Gasteiger partial charge in [0.05, 0.1) is 26.4 Å². The zero-order valence-electron chi connectivity index (χ0n) is 17.8. The van der Waals surface area contributed by atoms with Crippen molar-refractivity contribution >= 4 is 10.0 Å². The van der Waals surface area contributed by atoms with Gasteiger partial charge in [0.25, 0.3) is 0 Å². The van der Waals surface area contributed by atoms with E-state index in [0.29, 0.717) is 31.9 Å². The number of benzene rings is 3. The minimum Gasteiger partial charge on any atom is -0.495 e. The van der Waals surface area contributed by atoms with Crippen LogP contribution in [0.15, 0.2) is 77.7 Å². The fourth-order valence-corrected chi connectivity index (χ4v) is 5.82. The predicted octanol–water partition coefficient (Wildman–Crippen LogP) is 4.34. The van der Waals surface area contributed by atoms with E-state index in [1.54, 1.807) is 28.6 Å². The summed E-state index contributed by atoms with van der Waals surface area (Å²) >= 11 is 0. The predicted molar refractivity (Wildman–Crippen MR) is 120 cm³/mol. The molecule has 4 rings (SSSR count). The number of sulfonamides is 1. The monoisotopic (exact) mass is 437 g/mol. The first kappa shape index (κ1) is 21.6. The van der Waals surface area contributed by atoms with Crippen molar-refractivity contribution in [2.24, 2.45) is 0 Å². The normalized spacial score (nSPS) is 17.4. The van der Waals surface area contributed by atoms with Gasteiger partial charge in [-0.3, -0.25) is 0 Å². The van der Waals surface area contributed by atoms with Gasteiger partial charge in [-0.25, -0.2) is 8.42 Å². The van der Waals surface area contributed by atoms with Gasteiger partial charge >= 0.3 is 0 Å². The second-order valence-electron chi connectivity index (χ2n) is 7.77. The van der Waals surface area contributed by atoms with Crippen molar-refractivity contribution in [2.45, 2.75) is 37.4 Å². The summed E-state index contributed by atoms with van der Waals surface area (Å²) in [7, 11) is -2.35. The van der Waals surface area contributed by atoms with Crippen molar-refractivity contribution in [1.29, 1.82) is 0 Å². The largest absolute Gasteiger partial charge is 0.495 e. The molecule has 5 nitrogen and oxygen atoms in total. The molecule has 0 amide bonds. The molecule has 162 valence electrons. The van der Waals surface area contributed by atoms with Crippen molar-refractivity contribution in [3.05, 3.63) is 95.1 Å². The van der Waals surface area contributed by atoms with Crippen LogP contribution in [0.5, 0.6) is 5.75 Å². The van der Waals surface area contributed by atoms with E-state index in [2.05, 4.69) is 0 Å². The minimum atomic E-state index is -3.84. The number of rotatable bonds is 5. The van der Waals surface area contributed by atoms with Gasteiger partial charge in [-0.05, 0) is 47.7 Å². The summed E-state index contributed by atoms with van der Waals surface area (Å²) in [5.41, 5.74) is 4.15. The Morgan fingerprint density at radius 3 is 2.52 bits per heavy atom. The minimum absolute atomic E-state index is 0.172. The van der Waals surface area contributed by atoms with E-state index in [9.17, 15) is 8.42 Å². The molecular formula is C25H27NO4S. The Labute approximate surface area is 184 Å². The van der Waals surface area contributed by atoms with Gasteiger partial charge in [0.15, 0.2) is 0 Å². The number of hydrogen-bond donors (Lipinski definition) is 0. The van der Waals surface area contributed by atoms with Crippen LogP contribution in [0.2, 0.25) is 0 Å². The summed E-state index contributed by atoms with van der Waals surface area (Å²) in [6.45, 7) is 3.10. The lowest BCUT2D eigenvalue weighted by Crippen LogP contribution is -2.45. The number of fused-ring (bicyclic) bond motifs is 1. The van der Waals surface area contributed by atoms with Crippen molar-refractivity contribution in [1.82, 2.24) is 4.31 Å². The summed E-state index contributed by atoms with van der Waals surface area (Å²) in [6, 6.07) is 22.4. The first-order chi connectivity index (χ1) is 15.0. The van der Waals surface area contributed by atoms with Gasteiger partial charge in [-0.15, -0.1) is 0 Å². The molecule has 0 N–H and O–H groups in total. The standard InChI is InChI=1S/C25H27NO4S/c1-19-9-8-12-21-17-30-18-22(15-20-10-4-3-5-11-20)26(16-23(19)21)31(27,28)25-14-7-6-13-24(25)29-2/h3-14,22H,15-18H2,1-2H3. The first-order valence-electron chi connectivity index (χ1n) is 10.3. The van der Waals surface area contributed by atoms with E-state index < -0.39 is 10.0 Å². The fraction of sp³-hybridized carbons (Fsp3) is 0.280. The molecule has 0 saturated carbocycles. The van der Waals surface area contributed by atoms with Gasteiger partial charge in [0.1, 0.15) is 10.6 Å². The molecular weight excluding hydrogens is 410 g/mol. The number of aryl methyl sites for hydroxylation is 1. The molecule has 1 heterocycles. The quantitative estimate of drug-likeness (QED) is 0.596. The maximum absolute atomic E-state index is 13.9. The van der Waals surface area contributed by atoms with Crippen molar-refractivity contribution in [2.75, 3.05) is 13.7 Å². The zero-order chi connectivity index (χ0) is 21.8. The van der Waals surface area contributed by atoms with Crippen molar-refractivity contribution < 1.29 is 17.9 Å². The summed E-state index contributed by atoms with van der Waals surface area (Å²) in [6.07, 6.45) is 0.566. The molecule has 0 radical (unpaired) electrons. The molecule has 1 unspecified atom stereocenters. The number of hydrogen-bond acceptors (Lipinski definition) is 4. The number of ether oxygens (including phenoxy) is 2. The third-order valence-corrected chi connectivity index (χ3v) is 7.70. The SMILES string of the molecule is COc1ccccc1S(=O)(=O)N1Cc2c(C)cccc2COCC1Cc1ccccc1.